The van der Waals surface area contributed by atoms with Crippen LogP contribution in [0.2, 0.25) is 0 Å². The molecule has 5 fully saturated rings. The Morgan fingerprint density at radius 1 is 0.974 bits per heavy atom. The lowest BCUT2D eigenvalue weighted by molar-refractivity contribution is -0.212. The average Bonchev–Trinajstić information content (AvgIpc) is 3.48. The smallest absolute Gasteiger partial charge is 0.314 e. The van der Waals surface area contributed by atoms with Gasteiger partial charge in [-0.05, 0) is 106 Å². The first kappa shape index (κ1) is 28.1. The number of aliphatic carboxylic acids is 1. The topological polar surface area (TPSA) is 124 Å². The standard InChI is InChI=1S/C31H48O7/c1-17(2)20(32)8-7-18(25(35)36)19-11-12-28(4)21-9-10-22-29(5,26(37)38-6)23(33)15-24(34)31(22)16-30(21,31)14-13-27(19,28)3/h18-24,32-34H,1,7-16H2,2-6H3,(H,35,36)/t18-,19-,20+,21+,22+,23+,24+,27-,28+,29+,30+,31-/m1/s1. The van der Waals surface area contributed by atoms with Crippen molar-refractivity contribution < 1.29 is 34.8 Å². The van der Waals surface area contributed by atoms with Gasteiger partial charge in [-0.25, -0.2) is 0 Å². The third-order valence-electron chi connectivity index (χ3n) is 13.6. The Balaban J connectivity index is 1.47. The van der Waals surface area contributed by atoms with Crippen molar-refractivity contribution in [3.8, 4) is 0 Å². The molecule has 5 aliphatic rings. The van der Waals surface area contributed by atoms with Crippen molar-refractivity contribution in [3.05, 3.63) is 12.2 Å². The van der Waals surface area contributed by atoms with E-state index in [-0.39, 0.29) is 40.5 Å². The van der Waals surface area contributed by atoms with E-state index in [2.05, 4.69) is 20.4 Å². The predicted molar refractivity (Wildman–Crippen MR) is 142 cm³/mol. The van der Waals surface area contributed by atoms with Crippen molar-refractivity contribution in [3.63, 3.8) is 0 Å². The van der Waals surface area contributed by atoms with Gasteiger partial charge >= 0.3 is 11.9 Å². The molecule has 0 aliphatic heterocycles. The maximum atomic E-state index is 13.1. The fraction of sp³-hybridized carbons (Fsp3) is 0.871. The minimum Gasteiger partial charge on any atom is -0.481 e. The first-order chi connectivity index (χ1) is 17.7. The van der Waals surface area contributed by atoms with Gasteiger partial charge in [0.2, 0.25) is 0 Å². The van der Waals surface area contributed by atoms with Gasteiger partial charge in [0.25, 0.3) is 0 Å². The number of carboxylic acids is 1. The van der Waals surface area contributed by atoms with Gasteiger partial charge in [-0.15, -0.1) is 0 Å². The number of aliphatic hydroxyl groups excluding tert-OH is 3. The van der Waals surface area contributed by atoms with Gasteiger partial charge in [0, 0.05) is 11.8 Å². The van der Waals surface area contributed by atoms with Crippen LogP contribution in [0.4, 0.5) is 0 Å². The van der Waals surface area contributed by atoms with Crippen molar-refractivity contribution in [2.45, 2.75) is 110 Å². The quantitative estimate of drug-likeness (QED) is 0.284. The lowest BCUT2D eigenvalue weighted by Crippen LogP contribution is -2.63. The minimum absolute atomic E-state index is 0.0329. The summed E-state index contributed by atoms with van der Waals surface area (Å²) >= 11 is 0. The third-order valence-corrected chi connectivity index (χ3v) is 13.6. The zero-order valence-electron chi connectivity index (χ0n) is 23.8. The molecule has 0 aromatic rings. The van der Waals surface area contributed by atoms with Gasteiger partial charge in [0.05, 0.1) is 36.8 Å². The molecule has 4 N–H and O–H groups in total. The van der Waals surface area contributed by atoms with Crippen molar-refractivity contribution in [2.24, 2.45) is 50.7 Å². The van der Waals surface area contributed by atoms with Crippen LogP contribution in [-0.4, -0.2) is 57.8 Å². The van der Waals surface area contributed by atoms with Gasteiger partial charge in [-0.2, -0.15) is 0 Å². The number of hydrogen-bond donors (Lipinski definition) is 4. The van der Waals surface area contributed by atoms with Crippen molar-refractivity contribution >= 4 is 11.9 Å². The first-order valence-corrected chi connectivity index (χ1v) is 14.7. The van der Waals surface area contributed by atoms with E-state index in [1.165, 1.54) is 7.11 Å². The Kier molecular flexibility index (Phi) is 6.49. The summed E-state index contributed by atoms with van der Waals surface area (Å²) in [6.45, 7) is 12.1. The highest BCUT2D eigenvalue weighted by atomic mass is 16.5. The molecule has 7 nitrogen and oxygen atoms in total. The van der Waals surface area contributed by atoms with Crippen LogP contribution in [0.1, 0.15) is 91.9 Å². The number of rotatable bonds is 7. The summed E-state index contributed by atoms with van der Waals surface area (Å²) < 4.78 is 5.21. The molecule has 5 saturated carbocycles. The van der Waals surface area contributed by atoms with Crippen molar-refractivity contribution in [1.29, 1.82) is 0 Å². The van der Waals surface area contributed by atoms with Gasteiger partial charge in [-0.3, -0.25) is 9.59 Å². The second-order valence-corrected chi connectivity index (χ2v) is 14.5. The molecule has 0 aromatic heterocycles. The molecule has 214 valence electrons. The highest BCUT2D eigenvalue weighted by Gasteiger charge is 2.85. The number of hydrogen-bond acceptors (Lipinski definition) is 6. The summed E-state index contributed by atoms with van der Waals surface area (Å²) in [7, 11) is 1.38. The van der Waals surface area contributed by atoms with Crippen LogP contribution in [-0.2, 0) is 14.3 Å². The van der Waals surface area contributed by atoms with E-state index >= 15 is 0 Å². The molecular formula is C31H48O7. The van der Waals surface area contributed by atoms with E-state index in [0.29, 0.717) is 24.3 Å². The van der Waals surface area contributed by atoms with E-state index in [1.54, 1.807) is 6.92 Å². The first-order valence-electron chi connectivity index (χ1n) is 14.7. The number of fused-ring (bicyclic) bond motifs is 2. The monoisotopic (exact) mass is 532 g/mol. The minimum atomic E-state index is -1.03. The van der Waals surface area contributed by atoms with E-state index in [1.807, 2.05) is 6.92 Å². The zero-order chi connectivity index (χ0) is 28.1. The van der Waals surface area contributed by atoms with Gasteiger partial charge < -0.3 is 25.2 Å². The number of aliphatic hydroxyl groups is 3. The molecule has 7 heteroatoms. The molecule has 0 amide bonds. The van der Waals surface area contributed by atoms with Crippen LogP contribution >= 0.6 is 0 Å². The summed E-state index contributed by atoms with van der Waals surface area (Å²) in [6, 6.07) is 0. The van der Waals surface area contributed by atoms with Gasteiger partial charge in [0.15, 0.2) is 0 Å². The molecular weight excluding hydrogens is 484 g/mol. The molecule has 2 spiro atoms. The predicted octanol–water partition coefficient (Wildman–Crippen LogP) is 4.33. The van der Waals surface area contributed by atoms with Crippen molar-refractivity contribution in [1.82, 2.24) is 0 Å². The summed E-state index contributed by atoms with van der Waals surface area (Å²) in [5.41, 5.74) is -1.05. The van der Waals surface area contributed by atoms with E-state index in [0.717, 1.165) is 44.9 Å². The van der Waals surface area contributed by atoms with Crippen LogP contribution in [0, 0.1) is 50.7 Å². The lowest BCUT2D eigenvalue weighted by atomic mass is 9.41. The second-order valence-electron chi connectivity index (χ2n) is 14.5. The third kappa shape index (κ3) is 3.24. The van der Waals surface area contributed by atoms with E-state index < -0.39 is 41.0 Å². The maximum absolute atomic E-state index is 13.1. The number of methoxy groups -OCH3 is 1. The largest absolute Gasteiger partial charge is 0.481 e. The Morgan fingerprint density at radius 2 is 1.63 bits per heavy atom. The SMILES string of the molecule is C=C(C)[C@@H](O)CC[C@@H](C(=O)O)[C@H]1CC[C@@]2(C)[C@@H]3CC[C@H]4[C@](C)(C(=O)OC)[C@@H](O)C[C@H](O)[C@@]45C[C@@]35CC[C@]12C. The molecule has 0 radical (unpaired) electrons. The van der Waals surface area contributed by atoms with Crippen LogP contribution in [0.5, 0.6) is 0 Å². The summed E-state index contributed by atoms with van der Waals surface area (Å²) in [5, 5.41) is 43.2. The molecule has 5 rings (SSSR count). The van der Waals surface area contributed by atoms with Crippen molar-refractivity contribution in [2.75, 3.05) is 7.11 Å². The highest BCUT2D eigenvalue weighted by Crippen LogP contribution is 2.89. The second kappa shape index (κ2) is 8.78. The average molecular weight is 533 g/mol. The van der Waals surface area contributed by atoms with Crippen LogP contribution in [0.3, 0.4) is 0 Å². The van der Waals surface area contributed by atoms with Crippen LogP contribution < -0.4 is 0 Å². The number of carbonyl (C=O) groups excluding carboxylic acids is 1. The maximum Gasteiger partial charge on any atom is 0.314 e. The number of carbonyl (C=O) groups is 2. The fourth-order valence-electron chi connectivity index (χ4n) is 11.3. The Bertz CT molecular complexity index is 1030. The van der Waals surface area contributed by atoms with Gasteiger partial charge in [-0.1, -0.05) is 26.0 Å². The number of ether oxygens (including phenoxy) is 1. The molecule has 0 saturated heterocycles. The normalized spacial score (nSPS) is 50.5. The molecule has 12 atom stereocenters. The van der Waals surface area contributed by atoms with E-state index in [9.17, 15) is 30.0 Å². The molecule has 0 unspecified atom stereocenters. The van der Waals surface area contributed by atoms with Crippen LogP contribution in [0.25, 0.3) is 0 Å². The Labute approximate surface area is 227 Å². The molecule has 0 bridgehead atoms. The van der Waals surface area contributed by atoms with Crippen LogP contribution in [0.15, 0.2) is 12.2 Å². The summed E-state index contributed by atoms with van der Waals surface area (Å²) in [6.07, 6.45) is 4.98. The Morgan fingerprint density at radius 3 is 2.24 bits per heavy atom. The summed E-state index contributed by atoms with van der Waals surface area (Å²) in [5.74, 6) is -1.41. The number of esters is 1. The van der Waals surface area contributed by atoms with E-state index in [4.69, 9.17) is 4.74 Å². The Hall–Kier alpha value is -1.44. The summed E-state index contributed by atoms with van der Waals surface area (Å²) in [4.78, 5) is 25.6. The molecule has 0 heterocycles. The molecule has 38 heavy (non-hydrogen) atoms. The molecule has 0 aromatic carbocycles. The number of carboxylic acid groups (broad SMARTS) is 1. The molecule has 5 aliphatic carbocycles. The lowest BCUT2D eigenvalue weighted by Gasteiger charge is -2.63. The zero-order valence-corrected chi connectivity index (χ0v) is 23.8. The highest BCUT2D eigenvalue weighted by molar-refractivity contribution is 5.78. The van der Waals surface area contributed by atoms with Gasteiger partial charge in [0.1, 0.15) is 0 Å². The fourth-order valence-corrected chi connectivity index (χ4v) is 11.3.